The minimum absolute atomic E-state index is 0.0778. The van der Waals surface area contributed by atoms with Crippen molar-refractivity contribution in [2.45, 2.75) is 26.2 Å². The van der Waals surface area contributed by atoms with E-state index in [0.717, 1.165) is 25.0 Å². The summed E-state index contributed by atoms with van der Waals surface area (Å²) in [4.78, 5) is 24.6. The Morgan fingerprint density at radius 3 is 2.84 bits per heavy atom. The lowest BCUT2D eigenvalue weighted by molar-refractivity contribution is -0.134. The van der Waals surface area contributed by atoms with Crippen LogP contribution >= 0.6 is 24.0 Å². The summed E-state index contributed by atoms with van der Waals surface area (Å²) in [6.07, 6.45) is 3.19. The first-order valence-corrected chi connectivity index (χ1v) is 7.86. The lowest BCUT2D eigenvalue weighted by Gasteiger charge is -2.14. The van der Waals surface area contributed by atoms with Gasteiger partial charge in [-0.25, -0.2) is 0 Å². The van der Waals surface area contributed by atoms with Gasteiger partial charge in [0.15, 0.2) is 0 Å². The van der Waals surface area contributed by atoms with Crippen LogP contribution in [0.2, 0.25) is 0 Å². The standard InChI is InChI=1S/C12H20N2O3S2/c1-2-3-4-5-13-10(15)8-17-9-11(16)14-6-7-19-12(14)18/h2-9H2,1H3,(H,13,15). The summed E-state index contributed by atoms with van der Waals surface area (Å²) in [6, 6.07) is 0. The van der Waals surface area contributed by atoms with Gasteiger partial charge in [0, 0.05) is 18.8 Å². The molecule has 0 saturated carbocycles. The molecule has 0 aliphatic carbocycles. The van der Waals surface area contributed by atoms with Crippen molar-refractivity contribution in [1.82, 2.24) is 10.2 Å². The minimum Gasteiger partial charge on any atom is -0.362 e. The molecule has 1 saturated heterocycles. The Kier molecular flexibility index (Phi) is 8.00. The first kappa shape index (κ1) is 16.4. The molecule has 19 heavy (non-hydrogen) atoms. The highest BCUT2D eigenvalue weighted by Gasteiger charge is 2.23. The third-order valence-electron chi connectivity index (χ3n) is 2.62. The lowest BCUT2D eigenvalue weighted by atomic mass is 10.2. The van der Waals surface area contributed by atoms with Crippen LogP contribution in [0.4, 0.5) is 0 Å². The monoisotopic (exact) mass is 304 g/mol. The van der Waals surface area contributed by atoms with E-state index in [1.165, 1.54) is 16.7 Å². The second kappa shape index (κ2) is 9.28. The number of ether oxygens (including phenoxy) is 1. The number of carbonyl (C=O) groups excluding carboxylic acids is 2. The van der Waals surface area contributed by atoms with E-state index in [2.05, 4.69) is 12.2 Å². The van der Waals surface area contributed by atoms with Gasteiger partial charge < -0.3 is 10.1 Å². The average Bonchev–Trinajstić information content (AvgIpc) is 2.81. The molecule has 0 atom stereocenters. The zero-order valence-electron chi connectivity index (χ0n) is 11.1. The summed E-state index contributed by atoms with van der Waals surface area (Å²) in [5.74, 6) is 0.485. The van der Waals surface area contributed by atoms with Gasteiger partial charge in [-0.05, 0) is 6.42 Å². The Balaban J connectivity index is 2.07. The number of hydrogen-bond acceptors (Lipinski definition) is 5. The fourth-order valence-electron chi connectivity index (χ4n) is 1.58. The summed E-state index contributed by atoms with van der Waals surface area (Å²) in [5.41, 5.74) is 0. The van der Waals surface area contributed by atoms with Gasteiger partial charge in [-0.3, -0.25) is 14.5 Å². The van der Waals surface area contributed by atoms with Gasteiger partial charge in [0.2, 0.25) is 5.91 Å². The molecule has 0 radical (unpaired) electrons. The molecule has 1 N–H and O–H groups in total. The zero-order chi connectivity index (χ0) is 14.1. The fourth-order valence-corrected chi connectivity index (χ4v) is 2.82. The van der Waals surface area contributed by atoms with Crippen molar-refractivity contribution in [3.63, 3.8) is 0 Å². The third kappa shape index (κ3) is 6.35. The molecule has 1 rings (SSSR count). The molecule has 108 valence electrons. The van der Waals surface area contributed by atoms with Crippen LogP contribution in [-0.2, 0) is 14.3 Å². The van der Waals surface area contributed by atoms with Crippen LogP contribution in [0.1, 0.15) is 26.2 Å². The maximum absolute atomic E-state index is 11.7. The number of unbranched alkanes of at least 4 members (excludes halogenated alkanes) is 2. The van der Waals surface area contributed by atoms with Crippen LogP contribution in [0.25, 0.3) is 0 Å². The quantitative estimate of drug-likeness (QED) is 0.539. The van der Waals surface area contributed by atoms with Crippen LogP contribution in [0.3, 0.4) is 0 Å². The molecule has 2 amide bonds. The number of nitrogens with zero attached hydrogens (tertiary/aromatic N) is 1. The number of rotatable bonds is 8. The van der Waals surface area contributed by atoms with Crippen LogP contribution in [0.5, 0.6) is 0 Å². The molecule has 0 aromatic heterocycles. The Morgan fingerprint density at radius 2 is 2.21 bits per heavy atom. The Labute approximate surface area is 123 Å². The number of nitrogens with one attached hydrogen (secondary N) is 1. The molecule has 1 fully saturated rings. The molecule has 5 nitrogen and oxygen atoms in total. The van der Waals surface area contributed by atoms with Crippen molar-refractivity contribution < 1.29 is 14.3 Å². The average molecular weight is 304 g/mol. The lowest BCUT2D eigenvalue weighted by Crippen LogP contribution is -2.35. The van der Waals surface area contributed by atoms with E-state index in [-0.39, 0.29) is 25.0 Å². The van der Waals surface area contributed by atoms with Gasteiger partial charge in [-0.2, -0.15) is 0 Å². The van der Waals surface area contributed by atoms with E-state index in [4.69, 9.17) is 17.0 Å². The molecule has 0 aromatic carbocycles. The molecule has 1 aliphatic heterocycles. The van der Waals surface area contributed by atoms with E-state index < -0.39 is 0 Å². The maximum atomic E-state index is 11.7. The van der Waals surface area contributed by atoms with Crippen molar-refractivity contribution >= 4 is 40.1 Å². The molecule has 0 spiro atoms. The van der Waals surface area contributed by atoms with E-state index in [1.807, 2.05) is 0 Å². The van der Waals surface area contributed by atoms with Gasteiger partial charge in [-0.15, -0.1) is 0 Å². The highest BCUT2D eigenvalue weighted by molar-refractivity contribution is 8.23. The molecule has 7 heteroatoms. The number of amides is 2. The van der Waals surface area contributed by atoms with Crippen LogP contribution in [0, 0.1) is 0 Å². The van der Waals surface area contributed by atoms with E-state index >= 15 is 0 Å². The van der Waals surface area contributed by atoms with Gasteiger partial charge >= 0.3 is 0 Å². The first-order chi connectivity index (χ1) is 9.15. The second-order valence-corrected chi connectivity index (χ2v) is 5.94. The molecule has 1 heterocycles. The van der Waals surface area contributed by atoms with Crippen LogP contribution < -0.4 is 5.32 Å². The van der Waals surface area contributed by atoms with E-state index in [1.54, 1.807) is 0 Å². The van der Waals surface area contributed by atoms with Gasteiger partial charge in [0.05, 0.1) is 0 Å². The first-order valence-electron chi connectivity index (χ1n) is 6.46. The Bertz CT molecular complexity index is 337. The largest absolute Gasteiger partial charge is 0.362 e. The van der Waals surface area contributed by atoms with E-state index in [0.29, 0.717) is 17.4 Å². The summed E-state index contributed by atoms with van der Waals surface area (Å²) in [7, 11) is 0. The van der Waals surface area contributed by atoms with Crippen LogP contribution in [-0.4, -0.2) is 53.1 Å². The Hall–Kier alpha value is -0.660. The Morgan fingerprint density at radius 1 is 1.42 bits per heavy atom. The molecular formula is C12H20N2O3S2. The predicted molar refractivity (Wildman–Crippen MR) is 80.1 cm³/mol. The van der Waals surface area contributed by atoms with Crippen molar-refractivity contribution in [2.75, 3.05) is 32.1 Å². The smallest absolute Gasteiger partial charge is 0.254 e. The topological polar surface area (TPSA) is 58.6 Å². The molecule has 0 aromatic rings. The summed E-state index contributed by atoms with van der Waals surface area (Å²) < 4.78 is 5.70. The predicted octanol–water partition coefficient (Wildman–Crippen LogP) is 1.17. The zero-order valence-corrected chi connectivity index (χ0v) is 12.8. The number of thioether (sulfide) groups is 1. The number of thiocarbonyl (C=S) groups is 1. The van der Waals surface area contributed by atoms with E-state index in [9.17, 15) is 9.59 Å². The minimum atomic E-state index is -0.178. The highest BCUT2D eigenvalue weighted by Crippen LogP contribution is 2.17. The number of hydrogen-bond donors (Lipinski definition) is 1. The van der Waals surface area contributed by atoms with Gasteiger partial charge in [-0.1, -0.05) is 43.7 Å². The van der Waals surface area contributed by atoms with Crippen LogP contribution in [0.15, 0.2) is 0 Å². The molecule has 1 aliphatic rings. The molecule has 0 unspecified atom stereocenters. The highest BCUT2D eigenvalue weighted by atomic mass is 32.2. The fraction of sp³-hybridized carbons (Fsp3) is 0.750. The van der Waals surface area contributed by atoms with Crippen molar-refractivity contribution in [3.8, 4) is 0 Å². The summed E-state index contributed by atoms with van der Waals surface area (Å²) >= 11 is 6.52. The summed E-state index contributed by atoms with van der Waals surface area (Å²) in [6.45, 7) is 3.23. The molecule has 0 bridgehead atoms. The number of carbonyl (C=O) groups is 2. The van der Waals surface area contributed by atoms with Gasteiger partial charge in [0.25, 0.3) is 5.91 Å². The van der Waals surface area contributed by atoms with Crippen molar-refractivity contribution in [1.29, 1.82) is 0 Å². The SMILES string of the molecule is CCCCCNC(=O)COCC(=O)N1CCSC1=S. The normalized spacial score (nSPS) is 14.8. The van der Waals surface area contributed by atoms with Crippen molar-refractivity contribution in [2.24, 2.45) is 0 Å². The molecular weight excluding hydrogens is 284 g/mol. The van der Waals surface area contributed by atoms with Crippen molar-refractivity contribution in [3.05, 3.63) is 0 Å². The maximum Gasteiger partial charge on any atom is 0.254 e. The third-order valence-corrected chi connectivity index (χ3v) is 4.05. The second-order valence-electron chi connectivity index (χ2n) is 4.21. The summed E-state index contributed by atoms with van der Waals surface area (Å²) in [5, 5.41) is 2.75. The van der Waals surface area contributed by atoms with Gasteiger partial charge in [0.1, 0.15) is 17.5 Å².